The van der Waals surface area contributed by atoms with E-state index >= 15 is 0 Å². The number of rotatable bonds is 5. The van der Waals surface area contributed by atoms with Crippen LogP contribution in [0.4, 0.5) is 0 Å². The van der Waals surface area contributed by atoms with Gasteiger partial charge in [0.2, 0.25) is 5.06 Å². The van der Waals surface area contributed by atoms with Crippen molar-refractivity contribution >= 4 is 17.6 Å². The summed E-state index contributed by atoms with van der Waals surface area (Å²) in [6.07, 6.45) is 0.200. The van der Waals surface area contributed by atoms with E-state index in [4.69, 9.17) is 16.3 Å². The Balaban J connectivity index is 4.08. The van der Waals surface area contributed by atoms with E-state index in [9.17, 15) is 9.90 Å². The van der Waals surface area contributed by atoms with Gasteiger partial charge in [0.05, 0.1) is 6.61 Å². The van der Waals surface area contributed by atoms with E-state index in [1.54, 1.807) is 0 Å². The van der Waals surface area contributed by atoms with Crippen molar-refractivity contribution in [3.63, 3.8) is 0 Å². The number of carbonyl (C=O) groups is 1. The molecule has 14 heavy (non-hydrogen) atoms. The zero-order chi connectivity index (χ0) is 11.4. The molecule has 0 aliphatic heterocycles. The molecule has 0 spiro atoms. The van der Waals surface area contributed by atoms with Gasteiger partial charge < -0.3 is 9.84 Å². The van der Waals surface area contributed by atoms with Gasteiger partial charge in [-0.1, -0.05) is 39.3 Å². The normalized spacial score (nSPS) is 15.7. The molecule has 84 valence electrons. The maximum atomic E-state index is 11.3. The quantitative estimate of drug-likeness (QED) is 0.573. The van der Waals surface area contributed by atoms with Crippen molar-refractivity contribution in [2.75, 3.05) is 6.61 Å². The molecule has 0 aliphatic rings. The average Bonchev–Trinajstić information content (AvgIpc) is 1.97. The van der Waals surface area contributed by atoms with Crippen molar-refractivity contribution in [2.45, 2.75) is 39.2 Å². The average molecular weight is 223 g/mol. The number of ether oxygens (including phenoxy) is 1. The first-order valence-electron chi connectivity index (χ1n) is 4.84. The van der Waals surface area contributed by atoms with Gasteiger partial charge in [0.15, 0.2) is 0 Å². The SMILES string of the molecule is CC(C)COC(=O)C(O)(Cl)CC(C)C. The lowest BCUT2D eigenvalue weighted by molar-refractivity contribution is -0.159. The van der Waals surface area contributed by atoms with Crippen LogP contribution in [0.25, 0.3) is 0 Å². The minimum atomic E-state index is -1.87. The van der Waals surface area contributed by atoms with E-state index in [1.165, 1.54) is 0 Å². The lowest BCUT2D eigenvalue weighted by Gasteiger charge is -2.21. The summed E-state index contributed by atoms with van der Waals surface area (Å²) in [4.78, 5) is 11.3. The van der Waals surface area contributed by atoms with Crippen molar-refractivity contribution in [3.8, 4) is 0 Å². The minimum absolute atomic E-state index is 0.143. The summed E-state index contributed by atoms with van der Waals surface area (Å²) in [7, 11) is 0. The topological polar surface area (TPSA) is 46.5 Å². The van der Waals surface area contributed by atoms with Crippen LogP contribution in [0.1, 0.15) is 34.1 Å². The number of alkyl halides is 1. The van der Waals surface area contributed by atoms with E-state index in [2.05, 4.69) is 0 Å². The second-order valence-corrected chi connectivity index (χ2v) is 4.97. The van der Waals surface area contributed by atoms with Gasteiger partial charge in [-0.3, -0.25) is 0 Å². The standard InChI is InChI=1S/C10H19ClO3/c1-7(2)5-10(11,13)9(12)14-6-8(3)4/h7-8,13H,5-6H2,1-4H3. The van der Waals surface area contributed by atoms with Gasteiger partial charge in [-0.05, 0) is 11.8 Å². The number of esters is 1. The fraction of sp³-hybridized carbons (Fsp3) is 0.900. The number of carbonyl (C=O) groups excluding carboxylic acids is 1. The summed E-state index contributed by atoms with van der Waals surface area (Å²) in [5, 5.41) is 7.69. The molecule has 0 aromatic rings. The van der Waals surface area contributed by atoms with Gasteiger partial charge in [0.25, 0.3) is 0 Å². The Labute approximate surface area is 90.4 Å². The smallest absolute Gasteiger partial charge is 0.354 e. The van der Waals surface area contributed by atoms with Crippen LogP contribution in [0.15, 0.2) is 0 Å². The molecule has 0 saturated carbocycles. The molecule has 1 unspecified atom stereocenters. The molecule has 0 radical (unpaired) electrons. The molecule has 0 aromatic carbocycles. The molecule has 3 nitrogen and oxygen atoms in total. The highest BCUT2D eigenvalue weighted by Crippen LogP contribution is 2.23. The van der Waals surface area contributed by atoms with E-state index in [0.29, 0.717) is 0 Å². The van der Waals surface area contributed by atoms with Crippen LogP contribution in [0.5, 0.6) is 0 Å². The van der Waals surface area contributed by atoms with Crippen LogP contribution in [0.3, 0.4) is 0 Å². The van der Waals surface area contributed by atoms with Gasteiger partial charge in [-0.15, -0.1) is 0 Å². The predicted molar refractivity (Wildman–Crippen MR) is 56.1 cm³/mol. The second-order valence-electron chi connectivity index (χ2n) is 4.35. The monoisotopic (exact) mass is 222 g/mol. The minimum Gasteiger partial charge on any atom is -0.462 e. The Hall–Kier alpha value is -0.280. The number of aliphatic hydroxyl groups is 1. The summed E-state index contributed by atoms with van der Waals surface area (Å²) in [6.45, 7) is 7.88. The Morgan fingerprint density at radius 3 is 2.21 bits per heavy atom. The predicted octanol–water partition coefficient (Wildman–Crippen LogP) is 2.16. The molecule has 0 heterocycles. The van der Waals surface area contributed by atoms with E-state index in [1.807, 2.05) is 27.7 Å². The molecule has 4 heteroatoms. The van der Waals surface area contributed by atoms with Crippen molar-refractivity contribution in [2.24, 2.45) is 11.8 Å². The molecule has 1 atom stereocenters. The summed E-state index contributed by atoms with van der Waals surface area (Å²) in [5.41, 5.74) is 0. The fourth-order valence-corrected chi connectivity index (χ4v) is 1.34. The third-order valence-corrected chi connectivity index (χ3v) is 1.85. The first-order chi connectivity index (χ1) is 6.25. The van der Waals surface area contributed by atoms with Crippen LogP contribution >= 0.6 is 11.6 Å². The van der Waals surface area contributed by atoms with Crippen molar-refractivity contribution < 1.29 is 14.6 Å². The molecular formula is C10H19ClO3. The van der Waals surface area contributed by atoms with Gasteiger partial charge in [0.1, 0.15) is 0 Å². The van der Waals surface area contributed by atoms with E-state index < -0.39 is 11.0 Å². The van der Waals surface area contributed by atoms with Gasteiger partial charge in [-0.25, -0.2) is 4.79 Å². The molecule has 0 amide bonds. The highest BCUT2D eigenvalue weighted by molar-refractivity contribution is 6.32. The Kier molecular flexibility index (Phi) is 5.45. The zero-order valence-electron chi connectivity index (χ0n) is 9.21. The molecule has 0 bridgehead atoms. The highest BCUT2D eigenvalue weighted by Gasteiger charge is 2.35. The van der Waals surface area contributed by atoms with Crippen LogP contribution < -0.4 is 0 Å². The summed E-state index contributed by atoms with van der Waals surface area (Å²) in [5.74, 6) is -0.365. The highest BCUT2D eigenvalue weighted by atomic mass is 35.5. The first-order valence-corrected chi connectivity index (χ1v) is 5.22. The van der Waals surface area contributed by atoms with Crippen molar-refractivity contribution in [1.82, 2.24) is 0 Å². The lowest BCUT2D eigenvalue weighted by Crippen LogP contribution is -2.36. The molecule has 0 aromatic heterocycles. The Morgan fingerprint density at radius 1 is 1.36 bits per heavy atom. The van der Waals surface area contributed by atoms with E-state index in [-0.39, 0.29) is 24.9 Å². The summed E-state index contributed by atoms with van der Waals surface area (Å²) >= 11 is 5.65. The molecule has 0 rings (SSSR count). The van der Waals surface area contributed by atoms with Crippen molar-refractivity contribution in [1.29, 1.82) is 0 Å². The summed E-state index contributed by atoms with van der Waals surface area (Å²) in [6, 6.07) is 0. The van der Waals surface area contributed by atoms with Crippen LogP contribution in [-0.2, 0) is 9.53 Å². The zero-order valence-corrected chi connectivity index (χ0v) is 9.97. The van der Waals surface area contributed by atoms with Gasteiger partial charge in [-0.2, -0.15) is 0 Å². The molecule has 0 fully saturated rings. The van der Waals surface area contributed by atoms with Crippen LogP contribution in [0, 0.1) is 11.8 Å². The third-order valence-electron chi connectivity index (χ3n) is 1.54. The van der Waals surface area contributed by atoms with Gasteiger partial charge >= 0.3 is 5.97 Å². The largest absolute Gasteiger partial charge is 0.462 e. The number of halogens is 1. The summed E-state index contributed by atoms with van der Waals surface area (Å²) < 4.78 is 4.85. The van der Waals surface area contributed by atoms with Gasteiger partial charge in [0, 0.05) is 6.42 Å². The maximum Gasteiger partial charge on any atom is 0.354 e. The number of hydrogen-bond acceptors (Lipinski definition) is 3. The molecule has 0 saturated heterocycles. The Morgan fingerprint density at radius 2 is 1.86 bits per heavy atom. The maximum absolute atomic E-state index is 11.3. The first kappa shape index (κ1) is 13.7. The Bertz CT molecular complexity index is 188. The lowest BCUT2D eigenvalue weighted by atomic mass is 10.1. The fourth-order valence-electron chi connectivity index (χ4n) is 0.977. The molecule has 1 N–H and O–H groups in total. The van der Waals surface area contributed by atoms with Crippen LogP contribution in [-0.4, -0.2) is 22.7 Å². The second kappa shape index (κ2) is 5.56. The van der Waals surface area contributed by atoms with Crippen LogP contribution in [0.2, 0.25) is 0 Å². The third kappa shape index (κ3) is 5.45. The number of hydrogen-bond donors (Lipinski definition) is 1. The molecule has 0 aliphatic carbocycles. The van der Waals surface area contributed by atoms with Crippen molar-refractivity contribution in [3.05, 3.63) is 0 Å². The molecular weight excluding hydrogens is 204 g/mol. The van der Waals surface area contributed by atoms with E-state index in [0.717, 1.165) is 0 Å².